The largest absolute Gasteiger partial charge is 0.418 e. The molecule has 178 valence electrons. The lowest BCUT2D eigenvalue weighted by molar-refractivity contribution is -0.137. The number of fused-ring (bicyclic) bond motifs is 1. The summed E-state index contributed by atoms with van der Waals surface area (Å²) in [5, 5.41) is 6.67. The molecule has 4 rings (SSSR count). The average molecular weight is 513 g/mol. The number of nitrogens with one attached hydrogen (secondary N) is 3. The van der Waals surface area contributed by atoms with Gasteiger partial charge < -0.3 is 16.1 Å². The van der Waals surface area contributed by atoms with Gasteiger partial charge in [0.1, 0.15) is 33.5 Å². The van der Waals surface area contributed by atoms with E-state index < -0.39 is 34.6 Å². The van der Waals surface area contributed by atoms with Gasteiger partial charge in [0.25, 0.3) is 11.8 Å². The number of aromatic nitrogens is 4. The van der Waals surface area contributed by atoms with Gasteiger partial charge in [-0.15, -0.1) is 11.3 Å². The number of pyridine rings is 1. The van der Waals surface area contributed by atoms with Crippen LogP contribution in [0.25, 0.3) is 0 Å². The third-order valence-corrected chi connectivity index (χ3v) is 6.20. The minimum Gasteiger partial charge on any atom is -0.342 e. The first-order valence-electron chi connectivity index (χ1n) is 9.65. The van der Waals surface area contributed by atoms with Gasteiger partial charge in [-0.05, 0) is 13.0 Å². The molecular formula is C19H16ClF3N8O2S. The molecule has 3 aromatic heterocycles. The lowest BCUT2D eigenvalue weighted by Gasteiger charge is -2.12. The quantitative estimate of drug-likeness (QED) is 0.474. The highest BCUT2D eigenvalue weighted by Gasteiger charge is 2.34. The van der Waals surface area contributed by atoms with Crippen LogP contribution in [0.5, 0.6) is 0 Å². The van der Waals surface area contributed by atoms with Gasteiger partial charge in [-0.2, -0.15) is 13.2 Å². The fourth-order valence-corrected chi connectivity index (χ4v) is 4.16. The number of nitrogens with zero attached hydrogens (tertiary/aromatic N) is 5. The number of carbonyl (C=O) groups is 2. The van der Waals surface area contributed by atoms with Crippen LogP contribution in [0.4, 0.5) is 24.8 Å². The van der Waals surface area contributed by atoms with Crippen molar-refractivity contribution in [2.45, 2.75) is 25.7 Å². The Bertz CT molecular complexity index is 1270. The summed E-state index contributed by atoms with van der Waals surface area (Å²) in [4.78, 5) is 41.4. The Morgan fingerprint density at radius 1 is 1.21 bits per heavy atom. The number of hydrogen-bond donors (Lipinski definition) is 3. The molecule has 0 fully saturated rings. The summed E-state index contributed by atoms with van der Waals surface area (Å²) in [5.41, 5.74) is 2.76. The molecule has 0 aromatic carbocycles. The normalized spacial score (nSPS) is 14.3. The summed E-state index contributed by atoms with van der Waals surface area (Å²) in [6.07, 6.45) is -1.34. The van der Waals surface area contributed by atoms with E-state index in [0.29, 0.717) is 29.0 Å². The lowest BCUT2D eigenvalue weighted by Crippen LogP contribution is -2.28. The molecule has 0 saturated carbocycles. The number of thiazole rings is 1. The first-order valence-corrected chi connectivity index (χ1v) is 10.8. The summed E-state index contributed by atoms with van der Waals surface area (Å²) < 4.78 is 39.1. The van der Waals surface area contributed by atoms with Crippen molar-refractivity contribution < 1.29 is 22.8 Å². The summed E-state index contributed by atoms with van der Waals surface area (Å²) >= 11 is 6.52. The summed E-state index contributed by atoms with van der Waals surface area (Å²) in [5.74, 6) is -0.898. The summed E-state index contributed by atoms with van der Waals surface area (Å²) in [6.45, 7) is 2.13. The number of amides is 2. The van der Waals surface area contributed by atoms with E-state index in [9.17, 15) is 22.8 Å². The third-order valence-electron chi connectivity index (χ3n) is 4.72. The number of alkyl halides is 3. The van der Waals surface area contributed by atoms with Crippen LogP contribution in [-0.2, 0) is 12.7 Å². The number of carbonyl (C=O) groups excluding carboxylic acids is 2. The van der Waals surface area contributed by atoms with Gasteiger partial charge in [0, 0.05) is 25.4 Å². The van der Waals surface area contributed by atoms with Gasteiger partial charge in [0.05, 0.1) is 22.8 Å². The van der Waals surface area contributed by atoms with Crippen molar-refractivity contribution in [3.8, 4) is 0 Å². The highest BCUT2D eigenvalue weighted by Crippen LogP contribution is 2.35. The van der Waals surface area contributed by atoms with Crippen molar-refractivity contribution in [2.75, 3.05) is 17.8 Å². The maximum atomic E-state index is 13.0. The van der Waals surface area contributed by atoms with Gasteiger partial charge in [0.15, 0.2) is 0 Å². The van der Waals surface area contributed by atoms with Gasteiger partial charge in [0.2, 0.25) is 0 Å². The zero-order valence-corrected chi connectivity index (χ0v) is 19.1. The van der Waals surface area contributed by atoms with Crippen LogP contribution in [0, 0.1) is 0 Å². The van der Waals surface area contributed by atoms with E-state index in [4.69, 9.17) is 11.6 Å². The van der Waals surface area contributed by atoms with E-state index in [0.717, 1.165) is 17.5 Å². The first kappa shape index (κ1) is 23.8. The number of anilines is 2. The second-order valence-electron chi connectivity index (χ2n) is 7.28. The highest BCUT2D eigenvalue weighted by atomic mass is 35.5. The van der Waals surface area contributed by atoms with Crippen LogP contribution in [0.1, 0.15) is 49.3 Å². The maximum absolute atomic E-state index is 13.0. The second-order valence-corrected chi connectivity index (χ2v) is 8.75. The molecule has 3 N–H and O–H groups in total. The van der Waals surface area contributed by atoms with E-state index in [1.54, 1.807) is 19.0 Å². The smallest absolute Gasteiger partial charge is 0.342 e. The van der Waals surface area contributed by atoms with E-state index >= 15 is 0 Å². The Hall–Kier alpha value is -3.36. The molecule has 2 amide bonds. The second kappa shape index (κ2) is 9.12. The number of hydrazine groups is 1. The Balaban J connectivity index is 1.44. The van der Waals surface area contributed by atoms with Crippen LogP contribution in [0.3, 0.4) is 0 Å². The van der Waals surface area contributed by atoms with E-state index in [2.05, 4.69) is 36.0 Å². The molecular weight excluding hydrogens is 497 g/mol. The Morgan fingerprint density at radius 3 is 2.71 bits per heavy atom. The van der Waals surface area contributed by atoms with Gasteiger partial charge in [-0.25, -0.2) is 24.9 Å². The van der Waals surface area contributed by atoms with Crippen molar-refractivity contribution in [3.05, 3.63) is 56.5 Å². The SMILES string of the molecule is C[C@H](NC(=O)c1ncnc2c1CN(C)N2)c1ncc(C(=O)Nc2cc(C(F)(F)F)c(Cl)cn2)s1. The predicted molar refractivity (Wildman–Crippen MR) is 117 cm³/mol. The minimum absolute atomic E-state index is 0.121. The Morgan fingerprint density at radius 2 is 1.97 bits per heavy atom. The van der Waals surface area contributed by atoms with Crippen molar-refractivity contribution in [1.29, 1.82) is 0 Å². The molecule has 0 unspecified atom stereocenters. The van der Waals surface area contributed by atoms with Crippen LogP contribution >= 0.6 is 22.9 Å². The molecule has 4 heterocycles. The van der Waals surface area contributed by atoms with Crippen molar-refractivity contribution in [2.24, 2.45) is 0 Å². The molecule has 15 heteroatoms. The lowest BCUT2D eigenvalue weighted by atomic mass is 10.2. The fraction of sp³-hybridized carbons (Fsp3) is 0.263. The number of hydrogen-bond acceptors (Lipinski definition) is 9. The van der Waals surface area contributed by atoms with Gasteiger partial charge >= 0.3 is 6.18 Å². The highest BCUT2D eigenvalue weighted by molar-refractivity contribution is 7.13. The van der Waals surface area contributed by atoms with Crippen molar-refractivity contribution in [1.82, 2.24) is 30.3 Å². The monoisotopic (exact) mass is 512 g/mol. The molecule has 1 aliphatic heterocycles. The molecule has 0 aliphatic carbocycles. The summed E-state index contributed by atoms with van der Waals surface area (Å²) in [6, 6.07) is 0.0829. The molecule has 0 bridgehead atoms. The van der Waals surface area contributed by atoms with Gasteiger partial charge in [-0.3, -0.25) is 9.59 Å². The van der Waals surface area contributed by atoms with Gasteiger partial charge in [-0.1, -0.05) is 11.6 Å². The molecule has 0 radical (unpaired) electrons. The van der Waals surface area contributed by atoms with Crippen LogP contribution in [0.15, 0.2) is 24.8 Å². The zero-order valence-electron chi connectivity index (χ0n) is 17.6. The van der Waals surface area contributed by atoms with E-state index in [1.165, 1.54) is 12.5 Å². The molecule has 34 heavy (non-hydrogen) atoms. The Labute approximate surface area is 199 Å². The predicted octanol–water partition coefficient (Wildman–Crippen LogP) is 3.52. The molecule has 1 aliphatic rings. The van der Waals surface area contributed by atoms with Crippen molar-refractivity contribution in [3.63, 3.8) is 0 Å². The van der Waals surface area contributed by atoms with Crippen LogP contribution in [0.2, 0.25) is 5.02 Å². The molecule has 3 aromatic rings. The third kappa shape index (κ3) is 4.93. The maximum Gasteiger partial charge on any atom is 0.418 e. The fourth-order valence-electron chi connectivity index (χ4n) is 3.13. The first-order chi connectivity index (χ1) is 16.0. The van der Waals surface area contributed by atoms with E-state index in [1.807, 2.05) is 0 Å². The number of rotatable bonds is 5. The number of halogens is 4. The minimum atomic E-state index is -4.69. The summed E-state index contributed by atoms with van der Waals surface area (Å²) in [7, 11) is 1.80. The molecule has 10 nitrogen and oxygen atoms in total. The Kier molecular flexibility index (Phi) is 6.38. The van der Waals surface area contributed by atoms with Crippen LogP contribution in [-0.4, -0.2) is 43.8 Å². The van der Waals surface area contributed by atoms with E-state index in [-0.39, 0.29) is 16.4 Å². The topological polar surface area (TPSA) is 125 Å². The molecule has 1 atom stereocenters. The average Bonchev–Trinajstić information content (AvgIpc) is 3.40. The molecule has 0 saturated heterocycles. The standard InChI is InChI=1S/C19H16ClF3N8O2S/c1-8(28-17(33)14-9-6-31(2)30-15(9)27-7-26-14)18-25-5-12(34-18)16(32)29-13-3-10(19(21,22)23)11(20)4-24-13/h3-5,7-8H,6H2,1-2H3,(H,28,33)(H,24,29,32)(H,26,27,30)/t8-/m0/s1. The zero-order chi connectivity index (χ0) is 24.6. The van der Waals surface area contributed by atoms with Crippen LogP contribution < -0.4 is 16.1 Å². The molecule has 0 spiro atoms. The van der Waals surface area contributed by atoms with Crippen molar-refractivity contribution >= 4 is 46.4 Å².